The summed E-state index contributed by atoms with van der Waals surface area (Å²) >= 11 is 1.96. The molecule has 5 heteroatoms. The molecule has 2 amide bonds. The molecule has 4 nitrogen and oxygen atoms in total. The molecule has 1 saturated carbocycles. The van der Waals surface area contributed by atoms with Gasteiger partial charge in [0.1, 0.15) is 0 Å². The standard InChI is InChI=1S/C15H28N2O2S/c18-9-8-14(12-5-2-1-3-6-12)17-15(19)16-11-13-7-4-10-20-13/h12-14,18H,1-11H2,(H2,16,17,19). The van der Waals surface area contributed by atoms with Gasteiger partial charge in [-0.25, -0.2) is 4.79 Å². The van der Waals surface area contributed by atoms with Gasteiger partial charge in [-0.2, -0.15) is 11.8 Å². The summed E-state index contributed by atoms with van der Waals surface area (Å²) in [7, 11) is 0. The van der Waals surface area contributed by atoms with Crippen molar-refractivity contribution in [3.63, 3.8) is 0 Å². The SMILES string of the molecule is O=C(NCC1CCCS1)NC(CCO)C1CCCCC1. The Labute approximate surface area is 126 Å². The lowest BCUT2D eigenvalue weighted by atomic mass is 9.83. The van der Waals surface area contributed by atoms with Crippen LogP contribution in [0.5, 0.6) is 0 Å². The van der Waals surface area contributed by atoms with Crippen LogP contribution in [0.3, 0.4) is 0 Å². The zero-order chi connectivity index (χ0) is 14.2. The van der Waals surface area contributed by atoms with E-state index in [1.165, 1.54) is 50.7 Å². The maximum Gasteiger partial charge on any atom is 0.315 e. The van der Waals surface area contributed by atoms with Gasteiger partial charge in [-0.1, -0.05) is 19.3 Å². The molecule has 1 aliphatic heterocycles. The molecular formula is C15H28N2O2S. The number of carbonyl (C=O) groups excluding carboxylic acids is 1. The zero-order valence-corrected chi connectivity index (χ0v) is 13.1. The van der Waals surface area contributed by atoms with E-state index >= 15 is 0 Å². The van der Waals surface area contributed by atoms with Crippen molar-refractivity contribution < 1.29 is 9.90 Å². The average Bonchev–Trinajstić information content (AvgIpc) is 2.99. The predicted molar refractivity (Wildman–Crippen MR) is 84.1 cm³/mol. The number of amides is 2. The monoisotopic (exact) mass is 300 g/mol. The van der Waals surface area contributed by atoms with Gasteiger partial charge in [0, 0.05) is 24.4 Å². The van der Waals surface area contributed by atoms with Crippen LogP contribution in [0.4, 0.5) is 4.79 Å². The van der Waals surface area contributed by atoms with Crippen LogP contribution >= 0.6 is 11.8 Å². The molecule has 2 fully saturated rings. The minimum absolute atomic E-state index is 0.0541. The molecule has 0 radical (unpaired) electrons. The summed E-state index contributed by atoms with van der Waals surface area (Å²) in [5.74, 6) is 1.77. The Hall–Kier alpha value is -0.420. The van der Waals surface area contributed by atoms with Gasteiger partial charge in [0.2, 0.25) is 0 Å². The van der Waals surface area contributed by atoms with E-state index in [-0.39, 0.29) is 18.7 Å². The van der Waals surface area contributed by atoms with Gasteiger partial charge in [0.15, 0.2) is 0 Å². The Morgan fingerprint density at radius 1 is 1.20 bits per heavy atom. The molecule has 0 spiro atoms. The van der Waals surface area contributed by atoms with E-state index in [4.69, 9.17) is 0 Å². The highest BCUT2D eigenvalue weighted by Gasteiger charge is 2.25. The van der Waals surface area contributed by atoms with Crippen molar-refractivity contribution in [1.82, 2.24) is 10.6 Å². The van der Waals surface area contributed by atoms with E-state index < -0.39 is 0 Å². The number of carbonyl (C=O) groups is 1. The lowest BCUT2D eigenvalue weighted by Gasteiger charge is -2.30. The highest BCUT2D eigenvalue weighted by atomic mass is 32.2. The summed E-state index contributed by atoms with van der Waals surface area (Å²) in [6.45, 7) is 0.924. The first-order valence-electron chi connectivity index (χ1n) is 8.06. The summed E-state index contributed by atoms with van der Waals surface area (Å²) in [5, 5.41) is 15.9. The van der Waals surface area contributed by atoms with Crippen molar-refractivity contribution in [1.29, 1.82) is 0 Å². The maximum atomic E-state index is 12.0. The molecule has 2 unspecified atom stereocenters. The Bertz CT molecular complexity index is 290. The van der Waals surface area contributed by atoms with Crippen molar-refractivity contribution in [2.24, 2.45) is 5.92 Å². The molecule has 1 aliphatic carbocycles. The summed E-state index contributed by atoms with van der Waals surface area (Å²) in [6.07, 6.45) is 9.36. The lowest BCUT2D eigenvalue weighted by molar-refractivity contribution is 0.197. The number of hydrogen-bond donors (Lipinski definition) is 3. The smallest absolute Gasteiger partial charge is 0.315 e. The highest BCUT2D eigenvalue weighted by Crippen LogP contribution is 2.28. The van der Waals surface area contributed by atoms with Crippen LogP contribution in [0.15, 0.2) is 0 Å². The minimum Gasteiger partial charge on any atom is -0.396 e. The van der Waals surface area contributed by atoms with Crippen LogP contribution in [0.1, 0.15) is 51.4 Å². The van der Waals surface area contributed by atoms with Gasteiger partial charge < -0.3 is 15.7 Å². The Kier molecular flexibility index (Phi) is 7.00. The number of hydrogen-bond acceptors (Lipinski definition) is 3. The molecule has 0 aromatic rings. The number of aliphatic hydroxyl groups excluding tert-OH is 1. The van der Waals surface area contributed by atoms with Crippen LogP contribution < -0.4 is 10.6 Å². The topological polar surface area (TPSA) is 61.4 Å². The fourth-order valence-corrected chi connectivity index (χ4v) is 4.53. The molecule has 0 aromatic carbocycles. The van der Waals surface area contributed by atoms with Gasteiger partial charge >= 0.3 is 6.03 Å². The number of aliphatic hydroxyl groups is 1. The van der Waals surface area contributed by atoms with Crippen LogP contribution in [0.2, 0.25) is 0 Å². The molecule has 0 bridgehead atoms. The molecule has 1 heterocycles. The first-order valence-corrected chi connectivity index (χ1v) is 9.11. The highest BCUT2D eigenvalue weighted by molar-refractivity contribution is 8.00. The van der Waals surface area contributed by atoms with Crippen LogP contribution in [-0.4, -0.2) is 41.3 Å². The fraction of sp³-hybridized carbons (Fsp3) is 0.933. The lowest BCUT2D eigenvalue weighted by Crippen LogP contribution is -2.47. The van der Waals surface area contributed by atoms with E-state index in [1.807, 2.05) is 11.8 Å². The Morgan fingerprint density at radius 3 is 2.65 bits per heavy atom. The summed E-state index contributed by atoms with van der Waals surface area (Å²) in [4.78, 5) is 12.0. The van der Waals surface area contributed by atoms with Crippen molar-refractivity contribution in [3.8, 4) is 0 Å². The number of nitrogens with one attached hydrogen (secondary N) is 2. The Balaban J connectivity index is 1.72. The summed E-state index contributed by atoms with van der Waals surface area (Å²) in [5.41, 5.74) is 0. The van der Waals surface area contributed by atoms with Crippen LogP contribution in [-0.2, 0) is 0 Å². The van der Waals surface area contributed by atoms with E-state index in [2.05, 4.69) is 10.6 Å². The van der Waals surface area contributed by atoms with E-state index in [1.54, 1.807) is 0 Å². The molecule has 1 saturated heterocycles. The molecule has 2 aliphatic rings. The second kappa shape index (κ2) is 8.78. The fourth-order valence-electron chi connectivity index (χ4n) is 3.33. The molecule has 116 valence electrons. The first-order chi connectivity index (χ1) is 9.79. The predicted octanol–water partition coefficient (Wildman–Crippen LogP) is 2.51. The molecule has 2 atom stereocenters. The maximum absolute atomic E-state index is 12.0. The van der Waals surface area contributed by atoms with Crippen molar-refractivity contribution >= 4 is 17.8 Å². The molecule has 0 aromatic heterocycles. The van der Waals surface area contributed by atoms with Gasteiger partial charge in [-0.05, 0) is 43.8 Å². The second-order valence-corrected chi connectivity index (χ2v) is 7.41. The molecular weight excluding hydrogens is 272 g/mol. The molecule has 3 N–H and O–H groups in total. The third kappa shape index (κ3) is 5.17. The number of thioether (sulfide) groups is 1. The summed E-state index contributed by atoms with van der Waals surface area (Å²) < 4.78 is 0. The van der Waals surface area contributed by atoms with Crippen molar-refractivity contribution in [3.05, 3.63) is 0 Å². The van der Waals surface area contributed by atoms with Gasteiger partial charge in [-0.3, -0.25) is 0 Å². The third-order valence-corrected chi connectivity index (χ3v) is 5.89. The average molecular weight is 300 g/mol. The van der Waals surface area contributed by atoms with Gasteiger partial charge in [0.25, 0.3) is 0 Å². The van der Waals surface area contributed by atoms with Crippen molar-refractivity contribution in [2.75, 3.05) is 18.9 Å². The van der Waals surface area contributed by atoms with Gasteiger partial charge in [-0.15, -0.1) is 0 Å². The second-order valence-electron chi connectivity index (χ2n) is 6.01. The van der Waals surface area contributed by atoms with Crippen LogP contribution in [0.25, 0.3) is 0 Å². The Morgan fingerprint density at radius 2 is 2.00 bits per heavy atom. The number of urea groups is 1. The largest absolute Gasteiger partial charge is 0.396 e. The molecule has 20 heavy (non-hydrogen) atoms. The minimum atomic E-state index is -0.0541. The van der Waals surface area contributed by atoms with E-state index in [0.717, 1.165) is 6.54 Å². The van der Waals surface area contributed by atoms with Crippen LogP contribution in [0, 0.1) is 5.92 Å². The van der Waals surface area contributed by atoms with Gasteiger partial charge in [0.05, 0.1) is 0 Å². The van der Waals surface area contributed by atoms with E-state index in [9.17, 15) is 9.90 Å². The normalized spacial score (nSPS) is 25.4. The first kappa shape index (κ1) is 16.0. The zero-order valence-electron chi connectivity index (χ0n) is 12.3. The third-order valence-electron chi connectivity index (χ3n) is 4.49. The quantitative estimate of drug-likeness (QED) is 0.706. The number of rotatable bonds is 6. The summed E-state index contributed by atoms with van der Waals surface area (Å²) in [6, 6.07) is 0.0815. The van der Waals surface area contributed by atoms with Crippen molar-refractivity contribution in [2.45, 2.75) is 62.7 Å². The van der Waals surface area contributed by atoms with E-state index in [0.29, 0.717) is 17.6 Å². The molecule has 2 rings (SSSR count).